The van der Waals surface area contributed by atoms with Gasteiger partial charge in [-0.1, -0.05) is 24.3 Å². The summed E-state index contributed by atoms with van der Waals surface area (Å²) < 4.78 is 19.1. The second-order valence-corrected chi connectivity index (χ2v) is 6.05. The Hall–Kier alpha value is -3.59. The van der Waals surface area contributed by atoms with Gasteiger partial charge < -0.3 is 9.84 Å². The molecule has 1 fully saturated rings. The first-order valence-corrected chi connectivity index (χ1v) is 8.38. The first-order chi connectivity index (χ1) is 13.4. The SMILES string of the molecule is O=C(O)COc1ccc(/C=C2\C(=O)NC(=S)N(c3ccccc3F)C2=O)cc1. The van der Waals surface area contributed by atoms with Crippen molar-refractivity contribution in [3.05, 3.63) is 65.5 Å². The molecule has 0 bridgehead atoms. The smallest absolute Gasteiger partial charge is 0.341 e. The van der Waals surface area contributed by atoms with E-state index in [0.717, 1.165) is 4.90 Å². The lowest BCUT2D eigenvalue weighted by atomic mass is 10.1. The molecule has 2 amide bonds. The predicted octanol–water partition coefficient (Wildman–Crippen LogP) is 2.12. The van der Waals surface area contributed by atoms with Crippen LogP contribution in [0.5, 0.6) is 5.75 Å². The van der Waals surface area contributed by atoms with Crippen molar-refractivity contribution in [2.75, 3.05) is 11.5 Å². The van der Waals surface area contributed by atoms with Crippen LogP contribution in [0.1, 0.15) is 5.56 Å². The maximum atomic E-state index is 14.1. The topological polar surface area (TPSA) is 95.9 Å². The third-order valence-electron chi connectivity index (χ3n) is 3.75. The number of rotatable bonds is 5. The average Bonchev–Trinajstić information content (AvgIpc) is 2.65. The predicted molar refractivity (Wildman–Crippen MR) is 102 cm³/mol. The van der Waals surface area contributed by atoms with Gasteiger partial charge in [-0.3, -0.25) is 14.9 Å². The molecule has 9 heteroatoms. The van der Waals surface area contributed by atoms with Gasteiger partial charge in [-0.05, 0) is 48.1 Å². The highest BCUT2D eigenvalue weighted by Gasteiger charge is 2.35. The fraction of sp³-hybridized carbons (Fsp3) is 0.0526. The third kappa shape index (κ3) is 4.04. The van der Waals surface area contributed by atoms with Gasteiger partial charge in [-0.15, -0.1) is 0 Å². The number of ether oxygens (including phenoxy) is 1. The maximum Gasteiger partial charge on any atom is 0.341 e. The molecule has 1 aliphatic heterocycles. The number of carboxylic acids is 1. The number of thiocarbonyl (C=S) groups is 1. The molecule has 0 radical (unpaired) electrons. The van der Waals surface area contributed by atoms with E-state index in [1.54, 1.807) is 18.2 Å². The first-order valence-electron chi connectivity index (χ1n) is 7.97. The highest BCUT2D eigenvalue weighted by molar-refractivity contribution is 7.80. The van der Waals surface area contributed by atoms with Gasteiger partial charge in [0.2, 0.25) is 0 Å². The standard InChI is InChI=1S/C19H13FN2O5S/c20-14-3-1-2-4-15(14)22-18(26)13(17(25)21-19(22)28)9-11-5-7-12(8-6-11)27-10-16(23)24/h1-9H,10H2,(H,23,24)(H,21,25,28)/b13-9+. The number of hydrogen-bond acceptors (Lipinski definition) is 5. The van der Waals surface area contributed by atoms with Crippen LogP contribution < -0.4 is 15.0 Å². The van der Waals surface area contributed by atoms with Gasteiger partial charge in [0, 0.05) is 0 Å². The van der Waals surface area contributed by atoms with Crippen LogP contribution in [0.25, 0.3) is 6.08 Å². The van der Waals surface area contributed by atoms with Crippen molar-refractivity contribution in [2.24, 2.45) is 0 Å². The summed E-state index contributed by atoms with van der Waals surface area (Å²) in [6, 6.07) is 11.7. The largest absolute Gasteiger partial charge is 0.482 e. The number of amides is 2. The van der Waals surface area contributed by atoms with Crippen molar-refractivity contribution in [1.29, 1.82) is 0 Å². The Balaban J connectivity index is 1.89. The van der Waals surface area contributed by atoms with Gasteiger partial charge in [0.1, 0.15) is 17.1 Å². The number of hydrogen-bond donors (Lipinski definition) is 2. The van der Waals surface area contributed by atoms with Gasteiger partial charge in [-0.25, -0.2) is 14.1 Å². The van der Waals surface area contributed by atoms with E-state index in [9.17, 15) is 18.8 Å². The van der Waals surface area contributed by atoms with Crippen LogP contribution in [0.3, 0.4) is 0 Å². The minimum atomic E-state index is -1.11. The molecule has 1 heterocycles. The molecule has 2 aromatic rings. The van der Waals surface area contributed by atoms with Crippen LogP contribution in [0, 0.1) is 5.82 Å². The van der Waals surface area contributed by atoms with E-state index in [-0.39, 0.29) is 16.4 Å². The second kappa shape index (κ2) is 7.97. The monoisotopic (exact) mass is 400 g/mol. The lowest BCUT2D eigenvalue weighted by Gasteiger charge is -2.29. The summed E-state index contributed by atoms with van der Waals surface area (Å²) in [7, 11) is 0. The number of nitrogens with zero attached hydrogens (tertiary/aromatic N) is 1. The van der Waals surface area contributed by atoms with Gasteiger partial charge in [0.15, 0.2) is 11.7 Å². The van der Waals surface area contributed by atoms with E-state index in [4.69, 9.17) is 22.1 Å². The summed E-state index contributed by atoms with van der Waals surface area (Å²) in [6.45, 7) is -0.490. The van der Waals surface area contributed by atoms with Crippen molar-refractivity contribution in [3.8, 4) is 5.75 Å². The van der Waals surface area contributed by atoms with Gasteiger partial charge in [0.25, 0.3) is 11.8 Å². The second-order valence-electron chi connectivity index (χ2n) is 5.66. The summed E-state index contributed by atoms with van der Waals surface area (Å²) in [5.41, 5.74) is 0.194. The number of carbonyl (C=O) groups is 3. The molecule has 0 saturated carbocycles. The Bertz CT molecular complexity index is 1000. The van der Waals surface area contributed by atoms with E-state index in [1.807, 2.05) is 0 Å². The number of halogens is 1. The normalized spacial score (nSPS) is 15.5. The molecule has 0 unspecified atom stereocenters. The third-order valence-corrected chi connectivity index (χ3v) is 4.03. The molecule has 1 aliphatic rings. The fourth-order valence-electron chi connectivity index (χ4n) is 2.48. The van der Waals surface area contributed by atoms with Crippen LogP contribution in [-0.4, -0.2) is 34.6 Å². The Labute approximate surface area is 164 Å². The van der Waals surface area contributed by atoms with Crippen molar-refractivity contribution in [1.82, 2.24) is 5.32 Å². The zero-order valence-electron chi connectivity index (χ0n) is 14.2. The molecule has 0 atom stereocenters. The van der Waals surface area contributed by atoms with Crippen molar-refractivity contribution in [2.45, 2.75) is 0 Å². The van der Waals surface area contributed by atoms with Crippen LogP contribution in [0.2, 0.25) is 0 Å². The summed E-state index contributed by atoms with van der Waals surface area (Å²) in [5, 5.41) is 10.8. The molecule has 28 heavy (non-hydrogen) atoms. The number of anilines is 1. The van der Waals surface area contributed by atoms with Crippen molar-refractivity contribution < 1.29 is 28.6 Å². The quantitative estimate of drug-likeness (QED) is 0.454. The molecular formula is C19H13FN2O5S. The Morgan fingerprint density at radius 2 is 1.86 bits per heavy atom. The molecule has 2 N–H and O–H groups in total. The van der Waals surface area contributed by atoms with Gasteiger partial charge >= 0.3 is 5.97 Å². The Morgan fingerprint density at radius 1 is 1.18 bits per heavy atom. The van der Waals surface area contributed by atoms with E-state index >= 15 is 0 Å². The molecule has 0 aliphatic carbocycles. The summed E-state index contributed by atoms with van der Waals surface area (Å²) in [5.74, 6) is -2.91. The molecule has 142 valence electrons. The number of aliphatic carboxylic acids is 1. The van der Waals surface area contributed by atoms with Crippen molar-refractivity contribution in [3.63, 3.8) is 0 Å². The minimum Gasteiger partial charge on any atom is -0.482 e. The first kappa shape index (κ1) is 19.2. The minimum absolute atomic E-state index is 0.0687. The summed E-state index contributed by atoms with van der Waals surface area (Å²) in [4.78, 5) is 36.5. The molecule has 1 saturated heterocycles. The Kier molecular flexibility index (Phi) is 5.46. The highest BCUT2D eigenvalue weighted by Crippen LogP contribution is 2.25. The van der Waals surface area contributed by atoms with E-state index in [0.29, 0.717) is 11.3 Å². The van der Waals surface area contributed by atoms with Gasteiger partial charge in [0.05, 0.1) is 5.69 Å². The lowest BCUT2D eigenvalue weighted by molar-refractivity contribution is -0.139. The summed E-state index contributed by atoms with van der Waals surface area (Å²) >= 11 is 5.02. The molecular weight excluding hydrogens is 387 g/mol. The average molecular weight is 400 g/mol. The zero-order valence-corrected chi connectivity index (χ0v) is 15.0. The van der Waals surface area contributed by atoms with Crippen LogP contribution in [-0.2, 0) is 14.4 Å². The van der Waals surface area contributed by atoms with E-state index in [1.165, 1.54) is 36.4 Å². The van der Waals surface area contributed by atoms with Crippen LogP contribution in [0.4, 0.5) is 10.1 Å². The molecule has 2 aromatic carbocycles. The number of nitrogens with one attached hydrogen (secondary N) is 1. The zero-order chi connectivity index (χ0) is 20.3. The number of carboxylic acid groups (broad SMARTS) is 1. The number of carbonyl (C=O) groups excluding carboxylic acids is 2. The van der Waals surface area contributed by atoms with Crippen LogP contribution in [0.15, 0.2) is 54.1 Å². The van der Waals surface area contributed by atoms with Crippen molar-refractivity contribution >= 4 is 46.9 Å². The summed E-state index contributed by atoms with van der Waals surface area (Å²) in [6.07, 6.45) is 1.33. The number of benzene rings is 2. The molecule has 0 aromatic heterocycles. The highest BCUT2D eigenvalue weighted by atomic mass is 32.1. The van der Waals surface area contributed by atoms with E-state index < -0.39 is 30.2 Å². The molecule has 3 rings (SSSR count). The molecule has 7 nitrogen and oxygen atoms in total. The number of para-hydroxylation sites is 1. The lowest BCUT2D eigenvalue weighted by Crippen LogP contribution is -2.54. The maximum absolute atomic E-state index is 14.1. The Morgan fingerprint density at radius 3 is 2.50 bits per heavy atom. The van der Waals surface area contributed by atoms with Gasteiger partial charge in [-0.2, -0.15) is 0 Å². The van der Waals surface area contributed by atoms with Crippen LogP contribution >= 0.6 is 12.2 Å². The fourth-order valence-corrected chi connectivity index (χ4v) is 2.76. The van der Waals surface area contributed by atoms with E-state index in [2.05, 4.69) is 5.32 Å². The molecule has 0 spiro atoms.